The van der Waals surface area contributed by atoms with Crippen molar-refractivity contribution >= 4 is 28.5 Å². The Hall–Kier alpha value is -2.66. The van der Waals surface area contributed by atoms with Gasteiger partial charge in [-0.25, -0.2) is 14.8 Å². The summed E-state index contributed by atoms with van der Waals surface area (Å²) in [6.07, 6.45) is 1.29. The first kappa shape index (κ1) is 14.3. The molecular weight excluding hydrogens is 304 g/mol. The van der Waals surface area contributed by atoms with Crippen molar-refractivity contribution in [2.24, 2.45) is 0 Å². The molecule has 0 saturated heterocycles. The van der Waals surface area contributed by atoms with E-state index in [1.54, 1.807) is 36.4 Å². The number of hydrogen-bond acceptors (Lipinski definition) is 5. The second kappa shape index (κ2) is 5.61. The molecule has 0 atom stereocenters. The number of methoxy groups -OCH3 is 1. The molecular formula is C16H11ClN2O3. The van der Waals surface area contributed by atoms with Gasteiger partial charge in [0, 0.05) is 10.9 Å². The van der Waals surface area contributed by atoms with E-state index in [0.717, 1.165) is 0 Å². The van der Waals surface area contributed by atoms with Crippen LogP contribution in [0, 0.1) is 0 Å². The zero-order chi connectivity index (χ0) is 15.7. The molecule has 0 amide bonds. The summed E-state index contributed by atoms with van der Waals surface area (Å²) in [7, 11) is 1.30. The molecule has 2 aromatic carbocycles. The van der Waals surface area contributed by atoms with Gasteiger partial charge in [-0.15, -0.1) is 0 Å². The number of nitrogens with zero attached hydrogens (tertiary/aromatic N) is 2. The van der Waals surface area contributed by atoms with E-state index in [2.05, 4.69) is 9.97 Å². The van der Waals surface area contributed by atoms with Gasteiger partial charge < -0.3 is 9.84 Å². The Morgan fingerprint density at radius 1 is 1.23 bits per heavy atom. The molecule has 6 heteroatoms. The minimum atomic E-state index is -0.531. The van der Waals surface area contributed by atoms with Gasteiger partial charge in [0.05, 0.1) is 18.2 Å². The standard InChI is InChI=1S/C16H11ClN2O3/c1-22-16(21)12-7-9(10-4-2-3-5-13(10)20)6-11-14(12)18-8-19-15(11)17/h2-8,20H,1H3. The summed E-state index contributed by atoms with van der Waals surface area (Å²) >= 11 is 6.11. The Morgan fingerprint density at radius 2 is 2.00 bits per heavy atom. The average Bonchev–Trinajstić information content (AvgIpc) is 2.54. The number of phenolic OH excluding ortho intramolecular Hbond substituents is 1. The van der Waals surface area contributed by atoms with E-state index in [1.807, 2.05) is 0 Å². The molecule has 0 aliphatic heterocycles. The number of aromatic hydroxyl groups is 1. The van der Waals surface area contributed by atoms with E-state index in [4.69, 9.17) is 16.3 Å². The van der Waals surface area contributed by atoms with Crippen molar-refractivity contribution in [1.29, 1.82) is 0 Å². The normalized spacial score (nSPS) is 10.6. The maximum Gasteiger partial charge on any atom is 0.340 e. The number of hydrogen-bond donors (Lipinski definition) is 1. The van der Waals surface area contributed by atoms with Crippen molar-refractivity contribution in [3.63, 3.8) is 0 Å². The Kier molecular flexibility index (Phi) is 3.65. The van der Waals surface area contributed by atoms with Crippen molar-refractivity contribution in [2.75, 3.05) is 7.11 Å². The second-order valence-corrected chi connectivity index (χ2v) is 4.95. The van der Waals surface area contributed by atoms with Crippen LogP contribution in [-0.2, 0) is 4.74 Å². The molecule has 110 valence electrons. The van der Waals surface area contributed by atoms with Crippen LogP contribution in [0.15, 0.2) is 42.7 Å². The zero-order valence-corrected chi connectivity index (χ0v) is 12.3. The molecule has 0 spiro atoms. The first-order chi connectivity index (χ1) is 10.6. The van der Waals surface area contributed by atoms with Crippen LogP contribution in [0.5, 0.6) is 5.75 Å². The summed E-state index contributed by atoms with van der Waals surface area (Å²) < 4.78 is 4.80. The molecule has 0 radical (unpaired) electrons. The van der Waals surface area contributed by atoms with Crippen LogP contribution in [-0.4, -0.2) is 28.2 Å². The fraction of sp³-hybridized carbons (Fsp3) is 0.0625. The van der Waals surface area contributed by atoms with Gasteiger partial charge in [-0.3, -0.25) is 0 Å². The summed E-state index contributed by atoms with van der Waals surface area (Å²) in [5.41, 5.74) is 1.88. The first-order valence-electron chi connectivity index (χ1n) is 6.42. The third kappa shape index (κ3) is 2.35. The summed E-state index contributed by atoms with van der Waals surface area (Å²) in [4.78, 5) is 20.1. The lowest BCUT2D eigenvalue weighted by molar-refractivity contribution is 0.0603. The molecule has 0 unspecified atom stereocenters. The van der Waals surface area contributed by atoms with E-state index >= 15 is 0 Å². The van der Waals surface area contributed by atoms with Gasteiger partial charge in [0.15, 0.2) is 0 Å². The highest BCUT2D eigenvalue weighted by Gasteiger charge is 2.17. The minimum Gasteiger partial charge on any atom is -0.507 e. The van der Waals surface area contributed by atoms with Crippen LogP contribution in [0.25, 0.3) is 22.0 Å². The second-order valence-electron chi connectivity index (χ2n) is 4.59. The number of rotatable bonds is 2. The van der Waals surface area contributed by atoms with E-state index in [9.17, 15) is 9.90 Å². The third-order valence-electron chi connectivity index (χ3n) is 3.31. The van der Waals surface area contributed by atoms with Gasteiger partial charge in [-0.1, -0.05) is 29.8 Å². The van der Waals surface area contributed by atoms with Gasteiger partial charge in [0.1, 0.15) is 17.2 Å². The van der Waals surface area contributed by atoms with Crippen molar-refractivity contribution in [1.82, 2.24) is 9.97 Å². The van der Waals surface area contributed by atoms with E-state index in [0.29, 0.717) is 22.0 Å². The number of para-hydroxylation sites is 1. The molecule has 3 aromatic rings. The Morgan fingerprint density at radius 3 is 2.73 bits per heavy atom. The molecule has 0 saturated carbocycles. The number of fused-ring (bicyclic) bond motifs is 1. The monoisotopic (exact) mass is 314 g/mol. The third-order valence-corrected chi connectivity index (χ3v) is 3.61. The van der Waals surface area contributed by atoms with Gasteiger partial charge >= 0.3 is 5.97 Å². The van der Waals surface area contributed by atoms with Crippen LogP contribution in [0.3, 0.4) is 0 Å². The van der Waals surface area contributed by atoms with Crippen LogP contribution in [0.4, 0.5) is 0 Å². The largest absolute Gasteiger partial charge is 0.507 e. The van der Waals surface area contributed by atoms with E-state index in [-0.39, 0.29) is 16.5 Å². The molecule has 1 aromatic heterocycles. The lowest BCUT2D eigenvalue weighted by atomic mass is 9.99. The molecule has 1 N–H and O–H groups in total. The highest BCUT2D eigenvalue weighted by Crippen LogP contribution is 2.34. The summed E-state index contributed by atoms with van der Waals surface area (Å²) in [6.45, 7) is 0. The van der Waals surface area contributed by atoms with Crippen molar-refractivity contribution in [3.8, 4) is 16.9 Å². The van der Waals surface area contributed by atoms with Gasteiger partial charge in [-0.05, 0) is 23.8 Å². The Bertz CT molecular complexity index is 880. The SMILES string of the molecule is COC(=O)c1cc(-c2ccccc2O)cc2c(Cl)ncnc12. The van der Waals surface area contributed by atoms with Crippen LogP contribution >= 0.6 is 11.6 Å². The predicted molar refractivity (Wildman–Crippen MR) is 83.0 cm³/mol. The fourth-order valence-corrected chi connectivity index (χ4v) is 2.46. The number of aromatic nitrogens is 2. The van der Waals surface area contributed by atoms with Crippen molar-refractivity contribution in [3.05, 3.63) is 53.4 Å². The molecule has 0 fully saturated rings. The number of phenols is 1. The molecule has 1 heterocycles. The highest BCUT2D eigenvalue weighted by atomic mass is 35.5. The zero-order valence-electron chi connectivity index (χ0n) is 11.6. The van der Waals surface area contributed by atoms with Crippen molar-refractivity contribution in [2.45, 2.75) is 0 Å². The molecule has 3 rings (SSSR count). The lowest BCUT2D eigenvalue weighted by Gasteiger charge is -2.10. The number of benzene rings is 2. The van der Waals surface area contributed by atoms with Crippen molar-refractivity contribution < 1.29 is 14.6 Å². The quantitative estimate of drug-likeness (QED) is 0.579. The average molecular weight is 315 g/mol. The van der Waals surface area contributed by atoms with Gasteiger partial charge in [0.25, 0.3) is 0 Å². The topological polar surface area (TPSA) is 72.3 Å². The number of esters is 1. The van der Waals surface area contributed by atoms with Crippen LogP contribution < -0.4 is 0 Å². The first-order valence-corrected chi connectivity index (χ1v) is 6.80. The summed E-state index contributed by atoms with van der Waals surface area (Å²) in [5.74, 6) is -0.428. The summed E-state index contributed by atoms with van der Waals surface area (Å²) in [6, 6.07) is 10.2. The number of ether oxygens (including phenoxy) is 1. The highest BCUT2D eigenvalue weighted by molar-refractivity contribution is 6.34. The molecule has 5 nitrogen and oxygen atoms in total. The number of carbonyl (C=O) groups excluding carboxylic acids is 1. The lowest BCUT2D eigenvalue weighted by Crippen LogP contribution is -2.04. The van der Waals surface area contributed by atoms with Crippen LogP contribution in [0.2, 0.25) is 5.15 Å². The summed E-state index contributed by atoms with van der Waals surface area (Å²) in [5, 5.41) is 10.8. The Balaban J connectivity index is 2.36. The number of carbonyl (C=O) groups is 1. The maximum atomic E-state index is 12.0. The van der Waals surface area contributed by atoms with Gasteiger partial charge in [0.2, 0.25) is 0 Å². The molecule has 0 aliphatic carbocycles. The Labute approximate surface area is 131 Å². The van der Waals surface area contributed by atoms with E-state index in [1.165, 1.54) is 13.4 Å². The minimum absolute atomic E-state index is 0.102. The van der Waals surface area contributed by atoms with Crippen LogP contribution in [0.1, 0.15) is 10.4 Å². The number of halogens is 1. The molecule has 22 heavy (non-hydrogen) atoms. The fourth-order valence-electron chi connectivity index (χ4n) is 2.28. The van der Waals surface area contributed by atoms with E-state index < -0.39 is 5.97 Å². The van der Waals surface area contributed by atoms with Gasteiger partial charge in [-0.2, -0.15) is 0 Å². The molecule has 0 aliphatic rings. The maximum absolute atomic E-state index is 12.0. The predicted octanol–water partition coefficient (Wildman–Crippen LogP) is 3.44. The molecule has 0 bridgehead atoms. The smallest absolute Gasteiger partial charge is 0.340 e.